The van der Waals surface area contributed by atoms with Gasteiger partial charge in [-0.05, 0) is 60.5 Å². The van der Waals surface area contributed by atoms with E-state index in [-0.39, 0.29) is 0 Å². The molecule has 0 saturated carbocycles. The van der Waals surface area contributed by atoms with Crippen molar-refractivity contribution >= 4 is 29.0 Å². The Kier molecular flexibility index (Phi) is 5.67. The van der Waals surface area contributed by atoms with Gasteiger partial charge in [-0.1, -0.05) is 29.8 Å². The number of halogens is 1. The lowest BCUT2D eigenvalue weighted by Gasteiger charge is -2.31. The highest BCUT2D eigenvalue weighted by molar-refractivity contribution is 6.32. The zero-order chi connectivity index (χ0) is 23.0. The van der Waals surface area contributed by atoms with Gasteiger partial charge in [0.2, 0.25) is 0 Å². The normalized spacial score (nSPS) is 18.0. The van der Waals surface area contributed by atoms with Gasteiger partial charge in [-0.15, -0.1) is 0 Å². The number of rotatable bonds is 6. The summed E-state index contributed by atoms with van der Waals surface area (Å²) in [6.07, 6.45) is 0. The summed E-state index contributed by atoms with van der Waals surface area (Å²) in [5.41, 5.74) is 0.0460. The molecule has 0 unspecified atom stereocenters. The molecule has 7 heteroatoms. The first-order valence-electron chi connectivity index (χ1n) is 9.97. The second kappa shape index (κ2) is 8.30. The smallest absolute Gasteiger partial charge is 0.262 e. The summed E-state index contributed by atoms with van der Waals surface area (Å²) in [5.74, 6) is -1.11. The quantitative estimate of drug-likeness (QED) is 0.540. The number of anilines is 1. The third-order valence-electron chi connectivity index (χ3n) is 5.90. The number of fused-ring (bicyclic) bond motifs is 1. The summed E-state index contributed by atoms with van der Waals surface area (Å²) in [6.45, 7) is 1.75. The lowest BCUT2D eigenvalue weighted by Crippen LogP contribution is -2.44. The zero-order valence-electron chi connectivity index (χ0n) is 17.8. The van der Waals surface area contributed by atoms with Crippen LogP contribution in [0.1, 0.15) is 33.0 Å². The van der Waals surface area contributed by atoms with E-state index >= 15 is 0 Å². The number of ether oxygens (including phenoxy) is 2. The maximum absolute atomic E-state index is 13.8. The predicted molar refractivity (Wildman–Crippen MR) is 122 cm³/mol. The minimum Gasteiger partial charge on any atom is -0.497 e. The number of ketones is 1. The maximum Gasteiger partial charge on any atom is 0.262 e. The van der Waals surface area contributed by atoms with Gasteiger partial charge in [0.25, 0.3) is 5.91 Å². The molecule has 6 nitrogen and oxygen atoms in total. The number of carbonyl (C=O) groups is 2. The molecule has 3 aromatic rings. The standard InChI is InChI=1S/C25H22ClNO5/c1-14-20(26)13-12-19-22(14)27-24(29)25(19,30)21(15-4-8-17(31-2)9-5-15)23(28)16-6-10-18(32-3)11-7-16/h4-13,21,30H,1-3H3,(H,27,29)/t21-,25-/m1/s1. The van der Waals surface area contributed by atoms with Crippen molar-refractivity contribution in [2.24, 2.45) is 0 Å². The van der Waals surface area contributed by atoms with Crippen molar-refractivity contribution in [3.8, 4) is 11.5 Å². The van der Waals surface area contributed by atoms with Crippen molar-refractivity contribution in [2.75, 3.05) is 19.5 Å². The molecule has 0 aliphatic carbocycles. The minimum absolute atomic E-state index is 0.312. The third kappa shape index (κ3) is 3.42. The monoisotopic (exact) mass is 451 g/mol. The molecule has 0 fully saturated rings. The highest BCUT2D eigenvalue weighted by atomic mass is 35.5. The molecule has 3 aromatic carbocycles. The number of hydrogen-bond acceptors (Lipinski definition) is 5. The molecule has 0 aromatic heterocycles. The molecule has 0 saturated heterocycles. The van der Waals surface area contributed by atoms with E-state index in [0.29, 0.717) is 44.5 Å². The predicted octanol–water partition coefficient (Wildman–Crippen LogP) is 4.47. The van der Waals surface area contributed by atoms with Crippen LogP contribution in [0.4, 0.5) is 5.69 Å². The Hall–Kier alpha value is -3.35. The van der Waals surface area contributed by atoms with Gasteiger partial charge in [-0.3, -0.25) is 9.59 Å². The fraction of sp³-hybridized carbons (Fsp3) is 0.200. The molecule has 164 valence electrons. The van der Waals surface area contributed by atoms with Crippen LogP contribution in [0, 0.1) is 6.92 Å². The molecule has 2 N–H and O–H groups in total. The van der Waals surface area contributed by atoms with Crippen LogP contribution >= 0.6 is 11.6 Å². The molecule has 32 heavy (non-hydrogen) atoms. The molecule has 1 heterocycles. The van der Waals surface area contributed by atoms with Crippen molar-refractivity contribution in [1.82, 2.24) is 0 Å². The molecule has 1 amide bonds. The van der Waals surface area contributed by atoms with Gasteiger partial charge in [0.05, 0.1) is 25.8 Å². The second-order valence-corrected chi connectivity index (χ2v) is 8.02. The topological polar surface area (TPSA) is 84.9 Å². The Morgan fingerprint density at radius 3 is 2.09 bits per heavy atom. The first-order chi connectivity index (χ1) is 15.3. The Bertz CT molecular complexity index is 1190. The van der Waals surface area contributed by atoms with Gasteiger partial charge in [-0.25, -0.2) is 0 Å². The molecular weight excluding hydrogens is 430 g/mol. The van der Waals surface area contributed by atoms with Crippen LogP contribution in [0.15, 0.2) is 60.7 Å². The van der Waals surface area contributed by atoms with Crippen molar-refractivity contribution < 1.29 is 24.2 Å². The van der Waals surface area contributed by atoms with Crippen molar-refractivity contribution in [2.45, 2.75) is 18.4 Å². The number of amides is 1. The number of benzene rings is 3. The average Bonchev–Trinajstić information content (AvgIpc) is 3.08. The average molecular weight is 452 g/mol. The van der Waals surface area contributed by atoms with Crippen LogP contribution in [-0.4, -0.2) is 31.0 Å². The number of carbonyl (C=O) groups excluding carboxylic acids is 2. The van der Waals surface area contributed by atoms with E-state index in [1.807, 2.05) is 0 Å². The van der Waals surface area contributed by atoms with Crippen LogP contribution in [0.2, 0.25) is 5.02 Å². The summed E-state index contributed by atoms with van der Waals surface area (Å²) < 4.78 is 10.4. The SMILES string of the molecule is COc1ccc(C(=O)[C@@H](c2ccc(OC)cc2)[C@@]2(O)C(=O)Nc3c2ccc(Cl)c3C)cc1. The van der Waals surface area contributed by atoms with Crippen molar-refractivity contribution in [3.05, 3.63) is 87.9 Å². The van der Waals surface area contributed by atoms with E-state index in [1.165, 1.54) is 14.2 Å². The number of hydrogen-bond donors (Lipinski definition) is 2. The van der Waals surface area contributed by atoms with Crippen molar-refractivity contribution in [3.63, 3.8) is 0 Å². The second-order valence-electron chi connectivity index (χ2n) is 7.61. The Balaban J connectivity index is 1.90. The van der Waals surface area contributed by atoms with Gasteiger partial charge in [0, 0.05) is 16.1 Å². The zero-order valence-corrected chi connectivity index (χ0v) is 18.6. The molecule has 0 radical (unpaired) electrons. The summed E-state index contributed by atoms with van der Waals surface area (Å²) >= 11 is 6.22. The molecule has 2 atom stereocenters. The van der Waals surface area contributed by atoms with Crippen LogP contribution in [0.3, 0.4) is 0 Å². The van der Waals surface area contributed by atoms with E-state index in [4.69, 9.17) is 21.1 Å². The molecule has 1 aliphatic heterocycles. The first kappa shape index (κ1) is 21.9. The maximum atomic E-state index is 13.8. The Labute approximate surface area is 190 Å². The highest BCUT2D eigenvalue weighted by Crippen LogP contribution is 2.49. The number of aliphatic hydroxyl groups is 1. The lowest BCUT2D eigenvalue weighted by atomic mass is 9.74. The Morgan fingerprint density at radius 1 is 0.969 bits per heavy atom. The largest absolute Gasteiger partial charge is 0.497 e. The van der Waals surface area contributed by atoms with Gasteiger partial charge in [-0.2, -0.15) is 0 Å². The Morgan fingerprint density at radius 2 is 1.53 bits per heavy atom. The molecule has 1 aliphatic rings. The summed E-state index contributed by atoms with van der Waals surface area (Å²) in [4.78, 5) is 27.0. The van der Waals surface area contributed by atoms with Crippen LogP contribution in [-0.2, 0) is 10.4 Å². The van der Waals surface area contributed by atoms with Crippen LogP contribution in [0.25, 0.3) is 0 Å². The van der Waals surface area contributed by atoms with Crippen molar-refractivity contribution in [1.29, 1.82) is 0 Å². The van der Waals surface area contributed by atoms with E-state index in [1.54, 1.807) is 67.6 Å². The van der Waals surface area contributed by atoms with Gasteiger partial charge in [0.1, 0.15) is 11.5 Å². The van der Waals surface area contributed by atoms with Crippen LogP contribution in [0.5, 0.6) is 11.5 Å². The summed E-state index contributed by atoms with van der Waals surface area (Å²) in [5, 5.41) is 15.0. The molecule has 0 spiro atoms. The minimum atomic E-state index is -2.13. The van der Waals surface area contributed by atoms with E-state index in [0.717, 1.165) is 0 Å². The van der Waals surface area contributed by atoms with Gasteiger partial charge in [0.15, 0.2) is 11.4 Å². The lowest BCUT2D eigenvalue weighted by molar-refractivity contribution is -0.135. The van der Waals surface area contributed by atoms with Gasteiger partial charge >= 0.3 is 0 Å². The third-order valence-corrected chi connectivity index (χ3v) is 6.31. The number of Topliss-reactive ketones (excluding diaryl/α,β-unsaturated/α-hetero) is 1. The molecule has 4 rings (SSSR count). The molecule has 0 bridgehead atoms. The van der Waals surface area contributed by atoms with Gasteiger partial charge < -0.3 is 19.9 Å². The van der Waals surface area contributed by atoms with E-state index in [2.05, 4.69) is 5.32 Å². The summed E-state index contributed by atoms with van der Waals surface area (Å²) in [6, 6.07) is 16.5. The number of methoxy groups -OCH3 is 2. The molecular formula is C25H22ClNO5. The fourth-order valence-electron chi connectivity index (χ4n) is 4.08. The fourth-order valence-corrected chi connectivity index (χ4v) is 4.24. The summed E-state index contributed by atoms with van der Waals surface area (Å²) in [7, 11) is 3.07. The van der Waals surface area contributed by atoms with E-state index < -0.39 is 23.2 Å². The van der Waals surface area contributed by atoms with E-state index in [9.17, 15) is 14.7 Å². The number of nitrogens with one attached hydrogen (secondary N) is 1. The highest BCUT2D eigenvalue weighted by Gasteiger charge is 2.55. The van der Waals surface area contributed by atoms with Crippen LogP contribution < -0.4 is 14.8 Å². The first-order valence-corrected chi connectivity index (χ1v) is 10.3.